The number of para-hydroxylation sites is 1. The molecule has 0 aliphatic carbocycles. The van der Waals surface area contributed by atoms with Gasteiger partial charge in [0.05, 0.1) is 0 Å². The Balaban J connectivity index is 1.92. The summed E-state index contributed by atoms with van der Waals surface area (Å²) >= 11 is 0. The van der Waals surface area contributed by atoms with Crippen LogP contribution in [0, 0.1) is 11.7 Å². The molecule has 1 atom stereocenters. The number of hydrogen-bond donors (Lipinski definition) is 1. The fourth-order valence-corrected chi connectivity index (χ4v) is 2.42. The molecule has 0 aromatic heterocycles. The number of amides is 2. The molecular formula is C15H19FN2O3. The summed E-state index contributed by atoms with van der Waals surface area (Å²) in [6.07, 6.45) is 0.355. The van der Waals surface area contributed by atoms with Crippen LogP contribution in [0.1, 0.15) is 19.8 Å². The van der Waals surface area contributed by atoms with Gasteiger partial charge in [0.2, 0.25) is 5.91 Å². The van der Waals surface area contributed by atoms with E-state index in [2.05, 4.69) is 0 Å². The van der Waals surface area contributed by atoms with Gasteiger partial charge < -0.3 is 15.4 Å². The highest BCUT2D eigenvalue weighted by molar-refractivity contribution is 5.82. The number of halogens is 1. The van der Waals surface area contributed by atoms with Crippen molar-refractivity contribution in [2.45, 2.75) is 25.9 Å². The monoisotopic (exact) mass is 294 g/mol. The van der Waals surface area contributed by atoms with Gasteiger partial charge in [-0.3, -0.25) is 9.59 Å². The van der Waals surface area contributed by atoms with Gasteiger partial charge in [-0.25, -0.2) is 4.39 Å². The van der Waals surface area contributed by atoms with Gasteiger partial charge in [0.1, 0.15) is 0 Å². The standard InChI is InChI=1S/C15H19FN2O3/c1-10(21-13-5-3-2-4-12(13)16)15(20)18-8-6-11(7-9-18)14(17)19/h2-5,10-11H,6-9H2,1H3,(H2,17,19). The van der Waals surface area contributed by atoms with Gasteiger partial charge in [-0.05, 0) is 31.9 Å². The van der Waals surface area contributed by atoms with E-state index in [1.165, 1.54) is 12.1 Å². The maximum absolute atomic E-state index is 13.5. The molecule has 114 valence electrons. The number of nitrogens with two attached hydrogens (primary N) is 1. The predicted octanol–water partition coefficient (Wildman–Crippen LogP) is 1.32. The Morgan fingerprint density at radius 2 is 1.95 bits per heavy atom. The quantitative estimate of drug-likeness (QED) is 0.910. The number of carbonyl (C=O) groups excluding carboxylic acids is 2. The Hall–Kier alpha value is -2.11. The minimum atomic E-state index is -0.771. The van der Waals surface area contributed by atoms with E-state index >= 15 is 0 Å². The van der Waals surface area contributed by atoms with E-state index in [4.69, 9.17) is 10.5 Å². The zero-order valence-electron chi connectivity index (χ0n) is 11.9. The van der Waals surface area contributed by atoms with E-state index in [0.717, 1.165) is 0 Å². The smallest absolute Gasteiger partial charge is 0.263 e. The highest BCUT2D eigenvalue weighted by Gasteiger charge is 2.29. The van der Waals surface area contributed by atoms with Crippen LogP contribution in [0.2, 0.25) is 0 Å². The molecule has 21 heavy (non-hydrogen) atoms. The summed E-state index contributed by atoms with van der Waals surface area (Å²) in [5, 5.41) is 0. The lowest BCUT2D eigenvalue weighted by atomic mass is 9.96. The molecule has 1 aromatic rings. The van der Waals surface area contributed by atoms with Crippen molar-refractivity contribution in [1.82, 2.24) is 4.90 Å². The first kappa shape index (κ1) is 15.3. The Kier molecular flexibility index (Phi) is 4.77. The molecule has 1 fully saturated rings. The van der Waals surface area contributed by atoms with Crippen molar-refractivity contribution in [2.24, 2.45) is 11.7 Å². The molecule has 1 aromatic carbocycles. The topological polar surface area (TPSA) is 72.6 Å². The van der Waals surface area contributed by atoms with Crippen LogP contribution in [0.25, 0.3) is 0 Å². The van der Waals surface area contributed by atoms with Gasteiger partial charge in [-0.15, -0.1) is 0 Å². The second kappa shape index (κ2) is 6.56. The van der Waals surface area contributed by atoms with Gasteiger partial charge >= 0.3 is 0 Å². The van der Waals surface area contributed by atoms with Crippen molar-refractivity contribution < 1.29 is 18.7 Å². The van der Waals surface area contributed by atoms with E-state index in [1.54, 1.807) is 24.0 Å². The first-order valence-corrected chi connectivity index (χ1v) is 6.98. The number of nitrogens with zero attached hydrogens (tertiary/aromatic N) is 1. The maximum Gasteiger partial charge on any atom is 0.263 e. The average Bonchev–Trinajstić information content (AvgIpc) is 2.49. The lowest BCUT2D eigenvalue weighted by Crippen LogP contribution is -2.46. The molecule has 0 saturated carbocycles. The van der Waals surface area contributed by atoms with Gasteiger partial charge in [0.25, 0.3) is 5.91 Å². The van der Waals surface area contributed by atoms with Crippen LogP contribution >= 0.6 is 0 Å². The highest BCUT2D eigenvalue weighted by atomic mass is 19.1. The van der Waals surface area contributed by atoms with Crippen molar-refractivity contribution in [3.63, 3.8) is 0 Å². The van der Waals surface area contributed by atoms with Crippen molar-refractivity contribution in [1.29, 1.82) is 0 Å². The minimum absolute atomic E-state index is 0.0605. The van der Waals surface area contributed by atoms with E-state index in [1.807, 2.05) is 0 Å². The first-order valence-electron chi connectivity index (χ1n) is 6.98. The summed E-state index contributed by atoms with van der Waals surface area (Å²) in [6, 6.07) is 5.97. The summed E-state index contributed by atoms with van der Waals surface area (Å²) < 4.78 is 18.9. The van der Waals surface area contributed by atoms with Crippen LogP contribution < -0.4 is 10.5 Å². The van der Waals surface area contributed by atoms with Crippen LogP contribution in [0.15, 0.2) is 24.3 Å². The number of piperidine rings is 1. The Morgan fingerprint density at radius 1 is 1.33 bits per heavy atom. The number of ether oxygens (including phenoxy) is 1. The van der Waals surface area contributed by atoms with E-state index in [-0.39, 0.29) is 23.5 Å². The Bertz CT molecular complexity index is 527. The SMILES string of the molecule is CC(Oc1ccccc1F)C(=O)N1CCC(C(N)=O)CC1. The third-order valence-electron chi connectivity index (χ3n) is 3.70. The lowest BCUT2D eigenvalue weighted by Gasteiger charge is -2.32. The Morgan fingerprint density at radius 3 is 2.52 bits per heavy atom. The Labute approximate surface area is 122 Å². The molecule has 2 rings (SSSR count). The van der Waals surface area contributed by atoms with Crippen LogP contribution in [0.5, 0.6) is 5.75 Å². The molecular weight excluding hydrogens is 275 g/mol. The average molecular weight is 294 g/mol. The number of rotatable bonds is 4. The zero-order chi connectivity index (χ0) is 15.4. The van der Waals surface area contributed by atoms with Crippen molar-refractivity contribution in [2.75, 3.05) is 13.1 Å². The number of carbonyl (C=O) groups is 2. The van der Waals surface area contributed by atoms with Crippen LogP contribution in [-0.4, -0.2) is 35.9 Å². The third kappa shape index (κ3) is 3.71. The van der Waals surface area contributed by atoms with Crippen LogP contribution in [0.4, 0.5) is 4.39 Å². The predicted molar refractivity (Wildman–Crippen MR) is 75.0 cm³/mol. The maximum atomic E-state index is 13.5. The largest absolute Gasteiger partial charge is 0.478 e. The lowest BCUT2D eigenvalue weighted by molar-refractivity contribution is -0.140. The van der Waals surface area contributed by atoms with Crippen LogP contribution in [-0.2, 0) is 9.59 Å². The molecule has 5 nitrogen and oxygen atoms in total. The van der Waals surface area contributed by atoms with Crippen molar-refractivity contribution in [3.05, 3.63) is 30.1 Å². The van der Waals surface area contributed by atoms with E-state index < -0.39 is 11.9 Å². The van der Waals surface area contributed by atoms with E-state index in [0.29, 0.717) is 25.9 Å². The number of likely N-dealkylation sites (tertiary alicyclic amines) is 1. The summed E-state index contributed by atoms with van der Waals surface area (Å²) in [4.78, 5) is 25.0. The van der Waals surface area contributed by atoms with Crippen LogP contribution in [0.3, 0.4) is 0 Å². The molecule has 0 bridgehead atoms. The fourth-order valence-electron chi connectivity index (χ4n) is 2.42. The molecule has 1 saturated heterocycles. The molecule has 6 heteroatoms. The van der Waals surface area contributed by atoms with Gasteiger partial charge in [-0.1, -0.05) is 12.1 Å². The van der Waals surface area contributed by atoms with Gasteiger partial charge in [0.15, 0.2) is 17.7 Å². The number of benzene rings is 1. The van der Waals surface area contributed by atoms with Crippen molar-refractivity contribution >= 4 is 11.8 Å². The summed E-state index contributed by atoms with van der Waals surface area (Å²) in [6.45, 7) is 2.53. The molecule has 0 spiro atoms. The third-order valence-corrected chi connectivity index (χ3v) is 3.70. The molecule has 1 heterocycles. The zero-order valence-corrected chi connectivity index (χ0v) is 11.9. The first-order chi connectivity index (χ1) is 9.99. The second-order valence-corrected chi connectivity index (χ2v) is 5.19. The molecule has 1 aliphatic heterocycles. The summed E-state index contributed by atoms with van der Waals surface area (Å²) in [5.41, 5.74) is 5.26. The molecule has 1 aliphatic rings. The molecule has 0 radical (unpaired) electrons. The molecule has 1 unspecified atom stereocenters. The molecule has 2 amide bonds. The summed E-state index contributed by atoms with van der Waals surface area (Å²) in [7, 11) is 0. The van der Waals surface area contributed by atoms with Crippen molar-refractivity contribution in [3.8, 4) is 5.75 Å². The molecule has 2 N–H and O–H groups in total. The summed E-state index contributed by atoms with van der Waals surface area (Å²) in [5.74, 6) is -1.13. The van der Waals surface area contributed by atoms with Gasteiger partial charge in [0, 0.05) is 19.0 Å². The normalized spacial score (nSPS) is 17.3. The minimum Gasteiger partial charge on any atom is -0.478 e. The van der Waals surface area contributed by atoms with E-state index in [9.17, 15) is 14.0 Å². The number of hydrogen-bond acceptors (Lipinski definition) is 3. The number of primary amides is 1. The van der Waals surface area contributed by atoms with Gasteiger partial charge in [-0.2, -0.15) is 0 Å². The second-order valence-electron chi connectivity index (χ2n) is 5.19. The fraction of sp³-hybridized carbons (Fsp3) is 0.467. The highest BCUT2D eigenvalue weighted by Crippen LogP contribution is 2.20.